The highest BCUT2D eigenvalue weighted by atomic mass is 79.9. The van der Waals surface area contributed by atoms with E-state index in [9.17, 15) is 0 Å². The molecule has 0 aliphatic rings. The molecule has 3 heteroatoms. The van der Waals surface area contributed by atoms with Gasteiger partial charge in [-0.2, -0.15) is 0 Å². The maximum Gasteiger partial charge on any atom is 0.0186 e. The molecular weight excluding hydrogens is 306 g/mol. The summed E-state index contributed by atoms with van der Waals surface area (Å²) >= 11 is 5.29. The Morgan fingerprint density at radius 2 is 1.94 bits per heavy atom. The Bertz CT molecular complexity index is 525. The van der Waals surface area contributed by atoms with Gasteiger partial charge in [0.05, 0.1) is 0 Å². The number of rotatable bonds is 4. The van der Waals surface area contributed by atoms with Crippen LogP contribution in [0.3, 0.4) is 0 Å². The second-order valence-electron chi connectivity index (χ2n) is 4.35. The van der Waals surface area contributed by atoms with Crippen LogP contribution in [0.15, 0.2) is 62.8 Å². The zero-order valence-electron chi connectivity index (χ0n) is 10.3. The van der Waals surface area contributed by atoms with Crippen LogP contribution in [0, 0.1) is 0 Å². The Labute approximate surface area is 121 Å². The van der Waals surface area contributed by atoms with Gasteiger partial charge in [0.2, 0.25) is 0 Å². The van der Waals surface area contributed by atoms with Crippen molar-refractivity contribution in [3.8, 4) is 0 Å². The van der Waals surface area contributed by atoms with E-state index in [0.29, 0.717) is 0 Å². The van der Waals surface area contributed by atoms with Gasteiger partial charge < -0.3 is 5.73 Å². The summed E-state index contributed by atoms with van der Waals surface area (Å²) in [5.41, 5.74) is 7.21. The van der Waals surface area contributed by atoms with E-state index in [4.69, 9.17) is 5.73 Å². The minimum absolute atomic E-state index is 0.189. The predicted molar refractivity (Wildman–Crippen MR) is 82.1 cm³/mol. The van der Waals surface area contributed by atoms with E-state index in [1.807, 2.05) is 13.0 Å². The minimum atomic E-state index is 0.189. The molecule has 0 fully saturated rings. The minimum Gasteiger partial charge on any atom is -0.328 e. The molecule has 0 saturated carbocycles. The molecular formula is C15H16BrNS. The molecule has 94 valence electrons. The predicted octanol–water partition coefficient (Wildman–Crippen LogP) is 4.49. The van der Waals surface area contributed by atoms with Crippen LogP contribution in [0.2, 0.25) is 0 Å². The average molecular weight is 322 g/mol. The third-order valence-electron chi connectivity index (χ3n) is 2.54. The fourth-order valence-electron chi connectivity index (χ4n) is 1.78. The molecule has 0 aromatic heterocycles. The Balaban J connectivity index is 2.23. The highest BCUT2D eigenvalue weighted by Crippen LogP contribution is 2.32. The molecule has 0 spiro atoms. The van der Waals surface area contributed by atoms with Crippen molar-refractivity contribution in [2.24, 2.45) is 5.73 Å². The first-order valence-electron chi connectivity index (χ1n) is 5.92. The van der Waals surface area contributed by atoms with Crippen LogP contribution in [0.5, 0.6) is 0 Å². The van der Waals surface area contributed by atoms with Gasteiger partial charge in [-0.05, 0) is 43.2 Å². The molecule has 0 heterocycles. The standard InChI is InChI=1S/C15H16BrNS/c1-11(17)9-12-5-2-3-8-15(12)18-14-7-4-6-13(16)10-14/h2-8,10-11H,9,17H2,1H3. The van der Waals surface area contributed by atoms with Gasteiger partial charge in [0.25, 0.3) is 0 Å². The zero-order chi connectivity index (χ0) is 13.0. The van der Waals surface area contributed by atoms with Crippen LogP contribution < -0.4 is 5.73 Å². The van der Waals surface area contributed by atoms with E-state index >= 15 is 0 Å². The molecule has 18 heavy (non-hydrogen) atoms. The zero-order valence-corrected chi connectivity index (χ0v) is 12.7. The van der Waals surface area contributed by atoms with Crippen molar-refractivity contribution in [1.29, 1.82) is 0 Å². The number of benzene rings is 2. The van der Waals surface area contributed by atoms with E-state index in [1.165, 1.54) is 15.4 Å². The SMILES string of the molecule is CC(N)Cc1ccccc1Sc1cccc(Br)c1. The van der Waals surface area contributed by atoms with Crippen molar-refractivity contribution in [3.05, 3.63) is 58.6 Å². The lowest BCUT2D eigenvalue weighted by Gasteiger charge is -2.11. The topological polar surface area (TPSA) is 26.0 Å². The molecule has 2 rings (SSSR count). The van der Waals surface area contributed by atoms with Crippen LogP contribution in [0.25, 0.3) is 0 Å². The third kappa shape index (κ3) is 3.87. The summed E-state index contributed by atoms with van der Waals surface area (Å²) in [7, 11) is 0. The molecule has 2 N–H and O–H groups in total. The first-order valence-corrected chi connectivity index (χ1v) is 7.53. The monoisotopic (exact) mass is 321 g/mol. The summed E-state index contributed by atoms with van der Waals surface area (Å²) in [6.45, 7) is 2.04. The average Bonchev–Trinajstić information content (AvgIpc) is 2.31. The van der Waals surface area contributed by atoms with E-state index in [1.54, 1.807) is 11.8 Å². The van der Waals surface area contributed by atoms with Crippen molar-refractivity contribution < 1.29 is 0 Å². The van der Waals surface area contributed by atoms with Gasteiger partial charge in [-0.15, -0.1) is 0 Å². The van der Waals surface area contributed by atoms with E-state index in [0.717, 1.165) is 10.9 Å². The van der Waals surface area contributed by atoms with Crippen molar-refractivity contribution in [3.63, 3.8) is 0 Å². The van der Waals surface area contributed by atoms with Gasteiger partial charge in [0, 0.05) is 20.3 Å². The van der Waals surface area contributed by atoms with E-state index in [-0.39, 0.29) is 6.04 Å². The summed E-state index contributed by atoms with van der Waals surface area (Å²) in [4.78, 5) is 2.52. The van der Waals surface area contributed by atoms with Crippen molar-refractivity contribution in [1.82, 2.24) is 0 Å². The van der Waals surface area contributed by atoms with Gasteiger partial charge in [0.1, 0.15) is 0 Å². The fourth-order valence-corrected chi connectivity index (χ4v) is 3.34. The third-order valence-corrected chi connectivity index (χ3v) is 4.14. The van der Waals surface area contributed by atoms with Gasteiger partial charge in [-0.25, -0.2) is 0 Å². The molecule has 1 nitrogen and oxygen atoms in total. The summed E-state index contributed by atoms with van der Waals surface area (Å²) in [5, 5.41) is 0. The molecule has 0 aliphatic carbocycles. The number of nitrogens with two attached hydrogens (primary N) is 1. The van der Waals surface area contributed by atoms with Crippen molar-refractivity contribution in [2.45, 2.75) is 29.2 Å². The lowest BCUT2D eigenvalue weighted by Crippen LogP contribution is -2.18. The maximum atomic E-state index is 5.89. The number of hydrogen-bond donors (Lipinski definition) is 1. The maximum absolute atomic E-state index is 5.89. The van der Waals surface area contributed by atoms with Gasteiger partial charge in [-0.1, -0.05) is 52.0 Å². The summed E-state index contributed by atoms with van der Waals surface area (Å²) in [6, 6.07) is 17.0. The number of halogens is 1. The Morgan fingerprint density at radius 3 is 2.67 bits per heavy atom. The van der Waals surface area contributed by atoms with E-state index < -0.39 is 0 Å². The second kappa shape index (κ2) is 6.41. The number of hydrogen-bond acceptors (Lipinski definition) is 2. The van der Waals surface area contributed by atoms with Crippen molar-refractivity contribution >= 4 is 27.7 Å². The van der Waals surface area contributed by atoms with E-state index in [2.05, 4.69) is 58.4 Å². The molecule has 0 amide bonds. The Kier molecular flexibility index (Phi) is 4.87. The van der Waals surface area contributed by atoms with Crippen LogP contribution >= 0.6 is 27.7 Å². The summed E-state index contributed by atoms with van der Waals surface area (Å²) < 4.78 is 1.11. The molecule has 0 bridgehead atoms. The van der Waals surface area contributed by atoms with Crippen LogP contribution in [0.1, 0.15) is 12.5 Å². The summed E-state index contributed by atoms with van der Waals surface area (Å²) in [5.74, 6) is 0. The molecule has 0 aliphatic heterocycles. The largest absolute Gasteiger partial charge is 0.328 e. The molecule has 0 saturated heterocycles. The fraction of sp³-hybridized carbons (Fsp3) is 0.200. The molecule has 2 aromatic rings. The first kappa shape index (κ1) is 13.7. The lowest BCUT2D eigenvalue weighted by molar-refractivity contribution is 0.729. The first-order chi connectivity index (χ1) is 8.65. The van der Waals surface area contributed by atoms with Crippen LogP contribution in [-0.2, 0) is 6.42 Å². The van der Waals surface area contributed by atoms with Gasteiger partial charge in [-0.3, -0.25) is 0 Å². The molecule has 2 aromatic carbocycles. The quantitative estimate of drug-likeness (QED) is 0.897. The smallest absolute Gasteiger partial charge is 0.0186 e. The Morgan fingerprint density at radius 1 is 1.17 bits per heavy atom. The summed E-state index contributed by atoms with van der Waals surface area (Å²) in [6.07, 6.45) is 0.914. The Hall–Kier alpha value is -0.770. The highest BCUT2D eigenvalue weighted by Gasteiger charge is 2.06. The van der Waals surface area contributed by atoms with Crippen molar-refractivity contribution in [2.75, 3.05) is 0 Å². The lowest BCUT2D eigenvalue weighted by atomic mass is 10.1. The second-order valence-corrected chi connectivity index (χ2v) is 6.38. The molecule has 1 unspecified atom stereocenters. The van der Waals surface area contributed by atoms with Gasteiger partial charge in [0.15, 0.2) is 0 Å². The highest BCUT2D eigenvalue weighted by molar-refractivity contribution is 9.10. The van der Waals surface area contributed by atoms with Crippen LogP contribution in [0.4, 0.5) is 0 Å². The normalized spacial score (nSPS) is 12.4. The van der Waals surface area contributed by atoms with Crippen LogP contribution in [-0.4, -0.2) is 6.04 Å². The molecule has 1 atom stereocenters. The molecule has 0 radical (unpaired) electrons. The van der Waals surface area contributed by atoms with Gasteiger partial charge >= 0.3 is 0 Å².